The zero-order valence-electron chi connectivity index (χ0n) is 14.8. The number of benzene rings is 1. The first-order valence-electron chi connectivity index (χ1n) is 8.83. The van der Waals surface area contributed by atoms with Crippen molar-refractivity contribution in [3.05, 3.63) is 75.7 Å². The second kappa shape index (κ2) is 6.32. The number of fused-ring (bicyclic) bond motifs is 2. The van der Waals surface area contributed by atoms with Crippen molar-refractivity contribution in [2.75, 3.05) is 0 Å². The molecule has 134 valence electrons. The van der Waals surface area contributed by atoms with Gasteiger partial charge < -0.3 is 4.74 Å². The Morgan fingerprint density at radius 3 is 2.52 bits per heavy atom. The molecule has 0 fully saturated rings. The summed E-state index contributed by atoms with van der Waals surface area (Å²) in [6, 6.07) is 12.2. The summed E-state index contributed by atoms with van der Waals surface area (Å²) < 4.78 is 8.46. The molecule has 6 heteroatoms. The van der Waals surface area contributed by atoms with Crippen LogP contribution in [0.15, 0.2) is 59.0 Å². The minimum absolute atomic E-state index is 0.0436. The first-order chi connectivity index (χ1) is 13.2. The molecule has 4 aromatic rings. The summed E-state index contributed by atoms with van der Waals surface area (Å²) in [5.74, 6) is 0.537. The van der Waals surface area contributed by atoms with Crippen LogP contribution < -0.4 is 10.3 Å². The highest BCUT2D eigenvalue weighted by Gasteiger charge is 2.25. The molecule has 3 heterocycles. The number of aryl methyl sites for hydroxylation is 1. The number of ether oxygens (including phenoxy) is 1. The Hall–Kier alpha value is -2.99. The number of aromatic nitrogens is 3. The van der Waals surface area contributed by atoms with E-state index in [2.05, 4.69) is 34.3 Å². The van der Waals surface area contributed by atoms with E-state index in [9.17, 15) is 4.79 Å². The molecule has 0 amide bonds. The summed E-state index contributed by atoms with van der Waals surface area (Å²) in [6.45, 7) is 0. The molecule has 27 heavy (non-hydrogen) atoms. The zero-order valence-corrected chi connectivity index (χ0v) is 15.6. The van der Waals surface area contributed by atoms with Crippen LogP contribution >= 0.6 is 11.3 Å². The van der Waals surface area contributed by atoms with Crippen LogP contribution in [0.4, 0.5) is 0 Å². The summed E-state index contributed by atoms with van der Waals surface area (Å²) in [4.78, 5) is 16.9. The fraction of sp³-hybridized carbons (Fsp3) is 0.190. The van der Waals surface area contributed by atoms with Gasteiger partial charge in [0.25, 0.3) is 5.56 Å². The highest BCUT2D eigenvalue weighted by Crippen LogP contribution is 2.37. The first kappa shape index (κ1) is 16.2. The van der Waals surface area contributed by atoms with Gasteiger partial charge in [0, 0.05) is 43.2 Å². The van der Waals surface area contributed by atoms with E-state index < -0.39 is 0 Å². The lowest BCUT2D eigenvalue weighted by atomic mass is 10.1. The molecule has 1 aliphatic carbocycles. The fourth-order valence-electron chi connectivity index (χ4n) is 3.70. The average molecular weight is 375 g/mol. The third-order valence-corrected chi connectivity index (χ3v) is 5.99. The van der Waals surface area contributed by atoms with E-state index in [0.717, 1.165) is 28.7 Å². The molecule has 1 aliphatic rings. The molecule has 5 rings (SSSR count). The van der Waals surface area contributed by atoms with E-state index >= 15 is 0 Å². The number of hydrogen-bond acceptors (Lipinski definition) is 5. The predicted octanol–water partition coefficient (Wildman–Crippen LogP) is 3.60. The highest BCUT2D eigenvalue weighted by atomic mass is 32.1. The lowest BCUT2D eigenvalue weighted by Gasteiger charge is -2.13. The van der Waals surface area contributed by atoms with Crippen LogP contribution in [0.2, 0.25) is 0 Å². The number of rotatable bonds is 3. The van der Waals surface area contributed by atoms with E-state index in [0.29, 0.717) is 11.3 Å². The van der Waals surface area contributed by atoms with Crippen molar-refractivity contribution in [3.63, 3.8) is 0 Å². The Kier molecular flexibility index (Phi) is 3.79. The fourth-order valence-corrected chi connectivity index (χ4v) is 4.69. The number of thiophene rings is 1. The molecule has 3 aromatic heterocycles. The zero-order chi connectivity index (χ0) is 18.4. The Labute approximate surface area is 159 Å². The molecule has 1 aromatic carbocycles. The van der Waals surface area contributed by atoms with Gasteiger partial charge in [-0.05, 0) is 28.8 Å². The van der Waals surface area contributed by atoms with Crippen molar-refractivity contribution < 1.29 is 4.74 Å². The summed E-state index contributed by atoms with van der Waals surface area (Å²) >= 11 is 1.50. The SMILES string of the molecule is Cn1nc(OC2Cc3ccccc3C2)c2scc(-c3ccncc3)c2c1=O. The Morgan fingerprint density at radius 1 is 1.11 bits per heavy atom. The maximum absolute atomic E-state index is 12.8. The normalized spacial score (nSPS) is 13.8. The molecule has 0 saturated heterocycles. The third-order valence-electron chi connectivity index (χ3n) is 5.02. The van der Waals surface area contributed by atoms with Crippen LogP contribution in [0, 0.1) is 0 Å². The van der Waals surface area contributed by atoms with Crippen molar-refractivity contribution in [3.8, 4) is 17.0 Å². The summed E-state index contributed by atoms with van der Waals surface area (Å²) in [6.07, 6.45) is 5.24. The largest absolute Gasteiger partial charge is 0.472 e. The van der Waals surface area contributed by atoms with Gasteiger partial charge in [-0.15, -0.1) is 16.4 Å². The monoisotopic (exact) mass is 375 g/mol. The average Bonchev–Trinajstić information content (AvgIpc) is 3.30. The maximum Gasteiger partial charge on any atom is 0.276 e. The molecule has 5 nitrogen and oxygen atoms in total. The lowest BCUT2D eigenvalue weighted by Crippen LogP contribution is -2.23. The molecule has 0 atom stereocenters. The summed E-state index contributed by atoms with van der Waals surface area (Å²) in [5.41, 5.74) is 4.42. The summed E-state index contributed by atoms with van der Waals surface area (Å²) in [5, 5.41) is 7.07. The number of hydrogen-bond donors (Lipinski definition) is 0. The van der Waals surface area contributed by atoms with Crippen LogP contribution in [-0.4, -0.2) is 20.9 Å². The molecule has 0 unspecified atom stereocenters. The van der Waals surface area contributed by atoms with Crippen molar-refractivity contribution in [2.45, 2.75) is 18.9 Å². The van der Waals surface area contributed by atoms with Gasteiger partial charge in [0.15, 0.2) is 0 Å². The van der Waals surface area contributed by atoms with Crippen LogP contribution in [0.3, 0.4) is 0 Å². The molecule has 0 N–H and O–H groups in total. The van der Waals surface area contributed by atoms with Crippen LogP contribution in [0.1, 0.15) is 11.1 Å². The molecule has 0 spiro atoms. The van der Waals surface area contributed by atoms with E-state index in [4.69, 9.17) is 4.74 Å². The predicted molar refractivity (Wildman–Crippen MR) is 106 cm³/mol. The van der Waals surface area contributed by atoms with Crippen molar-refractivity contribution in [2.24, 2.45) is 7.05 Å². The van der Waals surface area contributed by atoms with Crippen LogP contribution in [0.25, 0.3) is 21.2 Å². The number of nitrogens with zero attached hydrogens (tertiary/aromatic N) is 3. The third kappa shape index (κ3) is 2.73. The smallest absolute Gasteiger partial charge is 0.276 e. The Morgan fingerprint density at radius 2 is 1.81 bits per heavy atom. The molecule has 0 bridgehead atoms. The van der Waals surface area contributed by atoms with E-state index in [-0.39, 0.29) is 11.7 Å². The summed E-state index contributed by atoms with van der Waals surface area (Å²) in [7, 11) is 1.67. The van der Waals surface area contributed by atoms with Gasteiger partial charge in [-0.3, -0.25) is 9.78 Å². The van der Waals surface area contributed by atoms with Crippen molar-refractivity contribution >= 4 is 21.4 Å². The van der Waals surface area contributed by atoms with Crippen LogP contribution in [0.5, 0.6) is 5.88 Å². The molecule has 0 aliphatic heterocycles. The van der Waals surface area contributed by atoms with Crippen molar-refractivity contribution in [1.82, 2.24) is 14.8 Å². The lowest BCUT2D eigenvalue weighted by molar-refractivity contribution is 0.204. The molecular formula is C21H17N3O2S. The molecular weight excluding hydrogens is 358 g/mol. The van der Waals surface area contributed by atoms with Crippen LogP contribution in [-0.2, 0) is 19.9 Å². The minimum Gasteiger partial charge on any atom is -0.472 e. The topological polar surface area (TPSA) is 57.0 Å². The van der Waals surface area contributed by atoms with E-state index in [1.54, 1.807) is 19.4 Å². The highest BCUT2D eigenvalue weighted by molar-refractivity contribution is 7.18. The van der Waals surface area contributed by atoms with Gasteiger partial charge in [-0.25, -0.2) is 4.68 Å². The quantitative estimate of drug-likeness (QED) is 0.549. The van der Waals surface area contributed by atoms with Gasteiger partial charge >= 0.3 is 0 Å². The number of pyridine rings is 1. The second-order valence-electron chi connectivity index (χ2n) is 6.74. The van der Waals surface area contributed by atoms with E-state index in [1.807, 2.05) is 17.5 Å². The maximum atomic E-state index is 12.8. The molecule has 0 radical (unpaired) electrons. The van der Waals surface area contributed by atoms with Gasteiger partial charge in [0.05, 0.1) is 5.39 Å². The second-order valence-corrected chi connectivity index (χ2v) is 7.62. The standard InChI is InChI=1S/C21H17N3O2S/c1-24-21(25)18-17(13-6-8-22-9-7-13)12-27-19(18)20(23-24)26-16-10-14-4-2-3-5-15(14)11-16/h2-9,12,16H,10-11H2,1H3. The minimum atomic E-state index is -0.111. The van der Waals surface area contributed by atoms with Crippen molar-refractivity contribution in [1.29, 1.82) is 0 Å². The van der Waals surface area contributed by atoms with Gasteiger partial charge in [0.2, 0.25) is 5.88 Å². The van der Waals surface area contributed by atoms with Gasteiger partial charge in [-0.1, -0.05) is 24.3 Å². The van der Waals surface area contributed by atoms with E-state index in [1.165, 1.54) is 27.1 Å². The van der Waals surface area contributed by atoms with Gasteiger partial charge in [-0.2, -0.15) is 0 Å². The first-order valence-corrected chi connectivity index (χ1v) is 9.71. The Bertz CT molecular complexity index is 1170. The molecule has 0 saturated carbocycles. The Balaban J connectivity index is 1.57. The van der Waals surface area contributed by atoms with Gasteiger partial charge in [0.1, 0.15) is 10.8 Å².